The molecular formula is C18H21N3O2S. The Hall–Kier alpha value is -2.60. The van der Waals surface area contributed by atoms with Crippen LogP contribution in [0.15, 0.2) is 53.6 Å². The zero-order chi connectivity index (χ0) is 17.4. The number of hydrogen-bond donors (Lipinski definition) is 2. The van der Waals surface area contributed by atoms with Crippen LogP contribution in [0.3, 0.4) is 0 Å². The highest BCUT2D eigenvalue weighted by atomic mass is 32.1. The molecule has 0 aliphatic rings. The van der Waals surface area contributed by atoms with Gasteiger partial charge >= 0.3 is 0 Å². The molecule has 0 saturated carbocycles. The van der Waals surface area contributed by atoms with Gasteiger partial charge in [0.1, 0.15) is 0 Å². The number of thiocarbonyl (C=S) groups is 1. The van der Waals surface area contributed by atoms with E-state index in [0.29, 0.717) is 23.2 Å². The number of benzene rings is 2. The van der Waals surface area contributed by atoms with E-state index in [0.717, 1.165) is 16.8 Å². The first-order chi connectivity index (χ1) is 11.6. The van der Waals surface area contributed by atoms with E-state index in [-0.39, 0.29) is 0 Å². The molecule has 126 valence electrons. The molecule has 2 aromatic rings. The molecule has 24 heavy (non-hydrogen) atoms. The van der Waals surface area contributed by atoms with E-state index in [1.54, 1.807) is 14.2 Å². The van der Waals surface area contributed by atoms with Crippen LogP contribution in [0.2, 0.25) is 0 Å². The van der Waals surface area contributed by atoms with Gasteiger partial charge in [-0.3, -0.25) is 5.43 Å². The van der Waals surface area contributed by atoms with Crippen molar-refractivity contribution in [1.82, 2.24) is 10.7 Å². The van der Waals surface area contributed by atoms with Crippen LogP contribution in [0, 0.1) is 0 Å². The van der Waals surface area contributed by atoms with Crippen molar-refractivity contribution in [1.29, 1.82) is 0 Å². The van der Waals surface area contributed by atoms with Gasteiger partial charge in [-0.2, -0.15) is 5.10 Å². The molecule has 0 bridgehead atoms. The highest BCUT2D eigenvalue weighted by molar-refractivity contribution is 7.80. The summed E-state index contributed by atoms with van der Waals surface area (Å²) < 4.78 is 10.5. The molecule has 0 amide bonds. The lowest BCUT2D eigenvalue weighted by Gasteiger charge is -2.10. The molecule has 0 aliphatic heterocycles. The lowest BCUT2D eigenvalue weighted by Crippen LogP contribution is -2.32. The lowest BCUT2D eigenvalue weighted by atomic mass is 10.1. The van der Waals surface area contributed by atoms with Gasteiger partial charge in [0.15, 0.2) is 16.6 Å². The third kappa shape index (κ3) is 4.96. The molecule has 0 aromatic heterocycles. The number of methoxy groups -OCH3 is 2. The Balaban J connectivity index is 1.94. The summed E-state index contributed by atoms with van der Waals surface area (Å²) >= 11 is 5.24. The van der Waals surface area contributed by atoms with Crippen molar-refractivity contribution in [3.05, 3.63) is 59.7 Å². The Bertz CT molecular complexity index is 717. The quantitative estimate of drug-likeness (QED) is 0.480. The average molecular weight is 343 g/mol. The van der Waals surface area contributed by atoms with Crippen molar-refractivity contribution < 1.29 is 9.47 Å². The molecule has 0 unspecified atom stereocenters. The van der Waals surface area contributed by atoms with Crippen molar-refractivity contribution in [3.8, 4) is 11.5 Å². The molecular weight excluding hydrogens is 322 g/mol. The van der Waals surface area contributed by atoms with Crippen molar-refractivity contribution in [2.24, 2.45) is 5.10 Å². The predicted molar refractivity (Wildman–Crippen MR) is 101 cm³/mol. The van der Waals surface area contributed by atoms with E-state index in [4.69, 9.17) is 21.7 Å². The molecule has 2 aromatic carbocycles. The summed E-state index contributed by atoms with van der Waals surface area (Å²) in [6, 6.07) is 15.7. The van der Waals surface area contributed by atoms with E-state index >= 15 is 0 Å². The number of nitrogens with zero attached hydrogens (tertiary/aromatic N) is 1. The van der Waals surface area contributed by atoms with E-state index in [2.05, 4.69) is 15.8 Å². The Labute approximate surface area is 147 Å². The fourth-order valence-corrected chi connectivity index (χ4v) is 2.20. The van der Waals surface area contributed by atoms with E-state index in [1.165, 1.54) is 0 Å². The van der Waals surface area contributed by atoms with Crippen LogP contribution < -0.4 is 20.2 Å². The van der Waals surface area contributed by atoms with Gasteiger partial charge in [0, 0.05) is 12.1 Å². The molecule has 0 fully saturated rings. The minimum Gasteiger partial charge on any atom is -0.493 e. The zero-order valence-electron chi connectivity index (χ0n) is 14.0. The number of hydrogen-bond acceptors (Lipinski definition) is 4. The minimum absolute atomic E-state index is 0.471. The summed E-state index contributed by atoms with van der Waals surface area (Å²) in [4.78, 5) is 0. The summed E-state index contributed by atoms with van der Waals surface area (Å²) in [5.74, 6) is 1.34. The molecule has 0 radical (unpaired) electrons. The fourth-order valence-electron chi connectivity index (χ4n) is 2.08. The number of nitrogens with one attached hydrogen (secondary N) is 2. The number of ether oxygens (including phenoxy) is 2. The van der Waals surface area contributed by atoms with E-state index < -0.39 is 0 Å². The van der Waals surface area contributed by atoms with Crippen LogP contribution in [0.1, 0.15) is 18.1 Å². The summed E-state index contributed by atoms with van der Waals surface area (Å²) in [5, 5.41) is 7.89. The minimum atomic E-state index is 0.471. The lowest BCUT2D eigenvalue weighted by molar-refractivity contribution is 0.355. The van der Waals surface area contributed by atoms with Crippen LogP contribution in [-0.2, 0) is 6.54 Å². The monoisotopic (exact) mass is 343 g/mol. The van der Waals surface area contributed by atoms with E-state index in [1.807, 2.05) is 55.5 Å². The highest BCUT2D eigenvalue weighted by Crippen LogP contribution is 2.27. The van der Waals surface area contributed by atoms with Gasteiger partial charge in [0.25, 0.3) is 0 Å². The first kappa shape index (κ1) is 17.7. The maximum Gasteiger partial charge on any atom is 0.187 e. The molecule has 2 N–H and O–H groups in total. The van der Waals surface area contributed by atoms with Gasteiger partial charge in [-0.25, -0.2) is 0 Å². The van der Waals surface area contributed by atoms with Crippen LogP contribution in [0.4, 0.5) is 0 Å². The van der Waals surface area contributed by atoms with Crippen LogP contribution in [0.25, 0.3) is 0 Å². The molecule has 0 aliphatic carbocycles. The SMILES string of the molecule is COc1ccc(/C(C)=N\NC(=S)NCc2ccccc2)cc1OC. The average Bonchev–Trinajstić information content (AvgIpc) is 2.64. The van der Waals surface area contributed by atoms with Gasteiger partial charge in [-0.05, 0) is 42.9 Å². The summed E-state index contributed by atoms with van der Waals surface area (Å²) in [6.45, 7) is 2.55. The van der Waals surface area contributed by atoms with Gasteiger partial charge in [0.2, 0.25) is 0 Å². The van der Waals surface area contributed by atoms with Crippen molar-refractivity contribution in [2.75, 3.05) is 14.2 Å². The summed E-state index contributed by atoms with van der Waals surface area (Å²) in [7, 11) is 3.21. The molecule has 0 heterocycles. The Morgan fingerprint density at radius 2 is 1.75 bits per heavy atom. The second kappa shape index (κ2) is 8.88. The van der Waals surface area contributed by atoms with Crippen LogP contribution >= 0.6 is 12.2 Å². The smallest absolute Gasteiger partial charge is 0.187 e. The molecule has 0 atom stereocenters. The highest BCUT2D eigenvalue weighted by Gasteiger charge is 2.06. The Morgan fingerprint density at radius 1 is 1.04 bits per heavy atom. The van der Waals surface area contributed by atoms with Crippen LogP contribution in [0.5, 0.6) is 11.5 Å². The normalized spacial score (nSPS) is 10.9. The van der Waals surface area contributed by atoms with Gasteiger partial charge < -0.3 is 14.8 Å². The van der Waals surface area contributed by atoms with Crippen LogP contribution in [-0.4, -0.2) is 25.0 Å². The standard InChI is InChI=1S/C18H21N3O2S/c1-13(15-9-10-16(22-2)17(11-15)23-3)20-21-18(24)19-12-14-7-5-4-6-8-14/h4-11H,12H2,1-3H3,(H2,19,21,24)/b20-13-. The third-order valence-corrected chi connectivity index (χ3v) is 3.66. The Kier molecular flexibility index (Phi) is 6.57. The largest absolute Gasteiger partial charge is 0.493 e. The number of rotatable bonds is 6. The van der Waals surface area contributed by atoms with Crippen molar-refractivity contribution >= 4 is 23.0 Å². The Morgan fingerprint density at radius 3 is 2.42 bits per heavy atom. The molecule has 0 saturated heterocycles. The predicted octanol–water partition coefficient (Wildman–Crippen LogP) is 3.09. The molecule has 0 spiro atoms. The second-order valence-corrected chi connectivity index (χ2v) is 5.46. The topological polar surface area (TPSA) is 54.9 Å². The van der Waals surface area contributed by atoms with Crippen molar-refractivity contribution in [3.63, 3.8) is 0 Å². The third-order valence-electron chi connectivity index (χ3n) is 3.42. The van der Waals surface area contributed by atoms with Gasteiger partial charge in [0.05, 0.1) is 19.9 Å². The summed E-state index contributed by atoms with van der Waals surface area (Å²) in [6.07, 6.45) is 0. The summed E-state index contributed by atoms with van der Waals surface area (Å²) in [5.41, 5.74) is 5.72. The fraction of sp³-hybridized carbons (Fsp3) is 0.222. The maximum absolute atomic E-state index is 5.30. The maximum atomic E-state index is 5.30. The first-order valence-corrected chi connectivity index (χ1v) is 7.89. The molecule has 5 nitrogen and oxygen atoms in total. The first-order valence-electron chi connectivity index (χ1n) is 7.48. The van der Waals surface area contributed by atoms with Gasteiger partial charge in [-0.15, -0.1) is 0 Å². The zero-order valence-corrected chi connectivity index (χ0v) is 14.8. The number of hydrazone groups is 1. The molecule has 6 heteroatoms. The van der Waals surface area contributed by atoms with Crippen molar-refractivity contribution in [2.45, 2.75) is 13.5 Å². The van der Waals surface area contributed by atoms with E-state index in [9.17, 15) is 0 Å². The second-order valence-electron chi connectivity index (χ2n) is 5.05. The van der Waals surface area contributed by atoms with Gasteiger partial charge in [-0.1, -0.05) is 30.3 Å². The molecule has 2 rings (SSSR count).